The van der Waals surface area contributed by atoms with Crippen LogP contribution >= 0.6 is 23.6 Å². The first-order chi connectivity index (χ1) is 8.75. The van der Waals surface area contributed by atoms with Gasteiger partial charge in [-0.25, -0.2) is 0 Å². The first-order valence-electron chi connectivity index (χ1n) is 6.39. The van der Waals surface area contributed by atoms with E-state index in [1.165, 1.54) is 42.5 Å². The van der Waals surface area contributed by atoms with Crippen LogP contribution in [0.3, 0.4) is 0 Å². The summed E-state index contributed by atoms with van der Waals surface area (Å²) in [6, 6.07) is 2.61. The molecule has 1 aliphatic rings. The fourth-order valence-electron chi connectivity index (χ4n) is 2.13. The normalized spacial score (nSPS) is 16.9. The number of hydrogen-bond donors (Lipinski definition) is 2. The van der Waals surface area contributed by atoms with Gasteiger partial charge in [-0.05, 0) is 49.0 Å². The van der Waals surface area contributed by atoms with Gasteiger partial charge in [-0.2, -0.15) is 5.10 Å². The van der Waals surface area contributed by atoms with Crippen molar-refractivity contribution in [1.29, 1.82) is 0 Å². The Morgan fingerprint density at radius 1 is 1.44 bits per heavy atom. The monoisotopic (exact) mass is 281 g/mol. The molecule has 5 heteroatoms. The number of hydrogen-bond acceptors (Lipinski definition) is 3. The molecular weight excluding hydrogens is 262 g/mol. The molecule has 1 saturated carbocycles. The maximum absolute atomic E-state index is 5.23. The number of rotatable bonds is 3. The molecule has 98 valence electrons. The van der Waals surface area contributed by atoms with Gasteiger partial charge < -0.3 is 5.32 Å². The molecule has 0 aromatic carbocycles. The van der Waals surface area contributed by atoms with Crippen LogP contribution in [0.1, 0.15) is 42.5 Å². The lowest BCUT2D eigenvalue weighted by Crippen LogP contribution is -2.40. The van der Waals surface area contributed by atoms with Gasteiger partial charge in [-0.3, -0.25) is 5.43 Å². The minimum atomic E-state index is 0.525. The zero-order valence-corrected chi connectivity index (χ0v) is 12.2. The topological polar surface area (TPSA) is 36.4 Å². The molecule has 0 spiro atoms. The maximum Gasteiger partial charge on any atom is 0.187 e. The number of nitrogens with one attached hydrogen (secondary N) is 2. The summed E-state index contributed by atoms with van der Waals surface area (Å²) in [4.78, 5) is 1.17. The SMILES string of the molecule is Cc1ccsc1/C=N\NC(=S)NC1CCCCC1. The van der Waals surface area contributed by atoms with Gasteiger partial charge in [0.15, 0.2) is 5.11 Å². The molecule has 18 heavy (non-hydrogen) atoms. The third-order valence-corrected chi connectivity index (χ3v) is 4.35. The second kappa shape index (κ2) is 6.85. The molecule has 1 aliphatic carbocycles. The standard InChI is InChI=1S/C13H19N3S2/c1-10-7-8-18-12(10)9-14-16-13(17)15-11-5-3-2-4-6-11/h7-9,11H,2-6H2,1H3,(H2,15,16,17)/b14-9-. The smallest absolute Gasteiger partial charge is 0.187 e. The van der Waals surface area contributed by atoms with E-state index in [1.807, 2.05) is 6.21 Å². The van der Waals surface area contributed by atoms with Crippen LogP contribution in [0.25, 0.3) is 0 Å². The van der Waals surface area contributed by atoms with E-state index in [-0.39, 0.29) is 0 Å². The van der Waals surface area contributed by atoms with Crippen molar-refractivity contribution < 1.29 is 0 Å². The second-order valence-corrected chi connectivity index (χ2v) is 6.00. The van der Waals surface area contributed by atoms with Gasteiger partial charge in [0.25, 0.3) is 0 Å². The zero-order valence-electron chi connectivity index (χ0n) is 10.6. The Labute approximate surface area is 118 Å². The quantitative estimate of drug-likeness (QED) is 0.507. The highest BCUT2D eigenvalue weighted by molar-refractivity contribution is 7.80. The van der Waals surface area contributed by atoms with Crippen molar-refractivity contribution in [2.45, 2.75) is 45.1 Å². The molecule has 0 aliphatic heterocycles. The summed E-state index contributed by atoms with van der Waals surface area (Å²) in [5, 5.41) is 10.2. The average molecular weight is 281 g/mol. The van der Waals surface area contributed by atoms with Gasteiger partial charge >= 0.3 is 0 Å². The van der Waals surface area contributed by atoms with E-state index in [4.69, 9.17) is 12.2 Å². The third kappa shape index (κ3) is 4.07. The lowest BCUT2D eigenvalue weighted by molar-refractivity contribution is 0.412. The molecular formula is C13H19N3S2. The van der Waals surface area contributed by atoms with Gasteiger partial charge in [0.1, 0.15) is 0 Å². The van der Waals surface area contributed by atoms with Crippen LogP contribution in [0.5, 0.6) is 0 Å². The number of aryl methyl sites for hydroxylation is 1. The van der Waals surface area contributed by atoms with Crippen molar-refractivity contribution >= 4 is 34.9 Å². The number of thiophene rings is 1. The first-order valence-corrected chi connectivity index (χ1v) is 7.68. The number of nitrogens with zero attached hydrogens (tertiary/aromatic N) is 1. The molecule has 2 rings (SSSR count). The largest absolute Gasteiger partial charge is 0.359 e. The molecule has 0 unspecified atom stereocenters. The highest BCUT2D eigenvalue weighted by Crippen LogP contribution is 2.17. The van der Waals surface area contributed by atoms with E-state index in [0.29, 0.717) is 11.2 Å². The fraction of sp³-hybridized carbons (Fsp3) is 0.538. The highest BCUT2D eigenvalue weighted by atomic mass is 32.1. The molecule has 0 bridgehead atoms. The third-order valence-electron chi connectivity index (χ3n) is 3.19. The first kappa shape index (κ1) is 13.5. The van der Waals surface area contributed by atoms with Crippen molar-refractivity contribution in [3.8, 4) is 0 Å². The van der Waals surface area contributed by atoms with Crippen LogP contribution < -0.4 is 10.7 Å². The predicted molar refractivity (Wildman–Crippen MR) is 82.4 cm³/mol. The Kier molecular flexibility index (Phi) is 5.13. The molecule has 3 nitrogen and oxygen atoms in total. The van der Waals surface area contributed by atoms with Crippen molar-refractivity contribution in [2.75, 3.05) is 0 Å². The Bertz CT molecular complexity index is 420. The van der Waals surface area contributed by atoms with Crippen LogP contribution in [-0.2, 0) is 0 Å². The second-order valence-electron chi connectivity index (χ2n) is 4.65. The van der Waals surface area contributed by atoms with E-state index in [1.54, 1.807) is 11.3 Å². The van der Waals surface area contributed by atoms with Crippen LogP contribution in [0.2, 0.25) is 0 Å². The van der Waals surface area contributed by atoms with E-state index in [0.717, 1.165) is 0 Å². The van der Waals surface area contributed by atoms with Crippen molar-refractivity contribution in [1.82, 2.24) is 10.7 Å². The van der Waals surface area contributed by atoms with Gasteiger partial charge in [0, 0.05) is 10.9 Å². The lowest BCUT2D eigenvalue weighted by Gasteiger charge is -2.23. The summed E-state index contributed by atoms with van der Waals surface area (Å²) in [5.41, 5.74) is 4.14. The van der Waals surface area contributed by atoms with Crippen molar-refractivity contribution in [2.24, 2.45) is 5.10 Å². The summed E-state index contributed by atoms with van der Waals surface area (Å²) in [6.45, 7) is 2.08. The summed E-state index contributed by atoms with van der Waals surface area (Å²) in [5.74, 6) is 0. The minimum Gasteiger partial charge on any atom is -0.359 e. The highest BCUT2D eigenvalue weighted by Gasteiger charge is 2.13. The molecule has 0 saturated heterocycles. The Morgan fingerprint density at radius 3 is 2.89 bits per heavy atom. The van der Waals surface area contributed by atoms with Crippen LogP contribution in [-0.4, -0.2) is 17.4 Å². The summed E-state index contributed by atoms with van der Waals surface area (Å²) < 4.78 is 0. The average Bonchev–Trinajstić information content (AvgIpc) is 2.76. The number of thiocarbonyl (C=S) groups is 1. The Balaban J connectivity index is 1.74. The summed E-state index contributed by atoms with van der Waals surface area (Å²) in [7, 11) is 0. The molecule has 0 radical (unpaired) electrons. The van der Waals surface area contributed by atoms with Crippen LogP contribution in [0.15, 0.2) is 16.5 Å². The van der Waals surface area contributed by atoms with E-state index in [2.05, 4.69) is 34.2 Å². The van der Waals surface area contributed by atoms with Crippen LogP contribution in [0, 0.1) is 6.92 Å². The molecule has 1 fully saturated rings. The maximum atomic E-state index is 5.23. The van der Waals surface area contributed by atoms with Crippen molar-refractivity contribution in [3.05, 3.63) is 21.9 Å². The lowest BCUT2D eigenvalue weighted by atomic mass is 9.96. The van der Waals surface area contributed by atoms with Gasteiger partial charge in [-0.1, -0.05) is 19.3 Å². The molecule has 1 aromatic rings. The minimum absolute atomic E-state index is 0.525. The van der Waals surface area contributed by atoms with Gasteiger partial charge in [0.2, 0.25) is 0 Å². The van der Waals surface area contributed by atoms with E-state index >= 15 is 0 Å². The Hall–Kier alpha value is -0.940. The molecule has 1 heterocycles. The van der Waals surface area contributed by atoms with E-state index in [9.17, 15) is 0 Å². The van der Waals surface area contributed by atoms with Crippen LogP contribution in [0.4, 0.5) is 0 Å². The number of hydrazone groups is 1. The fourth-order valence-corrected chi connectivity index (χ4v) is 3.14. The summed E-state index contributed by atoms with van der Waals surface area (Å²) in [6.07, 6.45) is 8.23. The Morgan fingerprint density at radius 2 is 2.22 bits per heavy atom. The zero-order chi connectivity index (χ0) is 12.8. The van der Waals surface area contributed by atoms with Gasteiger partial charge in [-0.15, -0.1) is 11.3 Å². The summed E-state index contributed by atoms with van der Waals surface area (Å²) >= 11 is 6.91. The molecule has 1 aromatic heterocycles. The van der Waals surface area contributed by atoms with Gasteiger partial charge in [0.05, 0.1) is 6.21 Å². The molecule has 0 atom stereocenters. The molecule has 2 N–H and O–H groups in total. The van der Waals surface area contributed by atoms with Crippen molar-refractivity contribution in [3.63, 3.8) is 0 Å². The molecule has 0 amide bonds. The predicted octanol–water partition coefficient (Wildman–Crippen LogP) is 3.19. The van der Waals surface area contributed by atoms with E-state index < -0.39 is 0 Å².